The lowest BCUT2D eigenvalue weighted by atomic mass is 9.77. The second kappa shape index (κ2) is 18.5. The Hall–Kier alpha value is -1.66. The molecule has 3 heterocycles. The van der Waals surface area contributed by atoms with E-state index >= 15 is 0 Å². The van der Waals surface area contributed by atoms with E-state index in [0.717, 1.165) is 0 Å². The first-order valence-electron chi connectivity index (χ1n) is 19.3. The maximum Gasteiger partial charge on any atom is 0.311 e. The topological polar surface area (TPSA) is 202 Å². The van der Waals surface area contributed by atoms with Crippen molar-refractivity contribution in [3.63, 3.8) is 0 Å². The number of carbonyl (C=O) groups excluding carboxylic acids is 1. The van der Waals surface area contributed by atoms with E-state index in [1.807, 2.05) is 32.7 Å². The minimum absolute atomic E-state index is 0.132. The average Bonchev–Trinajstić information content (AvgIpc) is 3.09. The Kier molecular flexibility index (Phi) is 16.0. The first-order chi connectivity index (χ1) is 24.5. The molecular formula is C38H71N3O12. The summed E-state index contributed by atoms with van der Waals surface area (Å²) >= 11 is 0. The Morgan fingerprint density at radius 3 is 2.23 bits per heavy atom. The summed E-state index contributed by atoms with van der Waals surface area (Å²) < 4.78 is 43.7. The summed E-state index contributed by atoms with van der Waals surface area (Å²) in [5.74, 6) is -2.57. The highest BCUT2D eigenvalue weighted by atomic mass is 16.7. The number of likely N-dealkylation sites (N-methyl/N-ethyl adjacent to an activating group) is 1. The Morgan fingerprint density at radius 1 is 1.00 bits per heavy atom. The van der Waals surface area contributed by atoms with Gasteiger partial charge in [0.2, 0.25) is 0 Å². The van der Waals surface area contributed by atoms with Crippen molar-refractivity contribution >= 4 is 12.0 Å². The van der Waals surface area contributed by atoms with Crippen LogP contribution in [0.25, 0.3) is 0 Å². The van der Waals surface area contributed by atoms with Crippen molar-refractivity contribution in [2.75, 3.05) is 27.7 Å². The number of amidine groups is 1. The molecule has 15 heteroatoms. The summed E-state index contributed by atoms with van der Waals surface area (Å²) in [5.41, 5.74) is -4.37. The number of aliphatic hydroxyl groups is 4. The Labute approximate surface area is 316 Å². The van der Waals surface area contributed by atoms with Gasteiger partial charge in [0.15, 0.2) is 18.7 Å². The Morgan fingerprint density at radius 2 is 1.64 bits per heavy atom. The molecule has 0 spiro atoms. The molecule has 15 nitrogen and oxygen atoms in total. The van der Waals surface area contributed by atoms with Crippen LogP contribution in [0.3, 0.4) is 0 Å². The van der Waals surface area contributed by atoms with Gasteiger partial charge in [-0.1, -0.05) is 20.8 Å². The molecule has 6 N–H and O–H groups in total. The van der Waals surface area contributed by atoms with Crippen LogP contribution in [0.5, 0.6) is 0 Å². The number of nitrogens with one attached hydrogen (secondary N) is 2. The van der Waals surface area contributed by atoms with Gasteiger partial charge >= 0.3 is 5.97 Å². The van der Waals surface area contributed by atoms with Gasteiger partial charge in [0.25, 0.3) is 6.02 Å². The summed E-state index contributed by atoms with van der Waals surface area (Å²) in [5, 5.41) is 57.6. The molecular weight excluding hydrogens is 690 g/mol. The largest absolute Gasteiger partial charge is 0.459 e. The first kappa shape index (κ1) is 45.7. The maximum atomic E-state index is 14.2. The van der Waals surface area contributed by atoms with Crippen molar-refractivity contribution in [1.29, 1.82) is 5.41 Å². The van der Waals surface area contributed by atoms with Crippen LogP contribution in [0, 0.1) is 23.2 Å². The standard InChI is InChI=1S/C38H71N3O12/c1-14-27-38(10,46)30(42)24(6)41(12)19-20(2)17-36(8,45)32(53-34-26(50-35(39)40-11)16-15-21(3)48-34)22(4)29(23(5)33(44)51-27)52-28-18-37(9,47-13)31(43)25(7)49-28/h20-32,34,42-43,45-46H,14-19H2,1-13H3,(H2,39,40)/t20-,21-,22+,23-,24-,25+,26-,27-,28+,29+,30-,31+,32-,34+,36-,37-,38-/m1/s1. The Bertz CT molecular complexity index is 1190. The van der Waals surface area contributed by atoms with Gasteiger partial charge in [-0.2, -0.15) is 0 Å². The second-order valence-corrected chi connectivity index (χ2v) is 16.7. The molecule has 0 amide bonds. The third kappa shape index (κ3) is 10.8. The minimum Gasteiger partial charge on any atom is -0.459 e. The van der Waals surface area contributed by atoms with E-state index in [1.54, 1.807) is 48.6 Å². The lowest BCUT2D eigenvalue weighted by molar-refractivity contribution is -0.313. The van der Waals surface area contributed by atoms with E-state index in [2.05, 4.69) is 5.32 Å². The fourth-order valence-corrected chi connectivity index (χ4v) is 8.45. The fraction of sp³-hybridized carbons (Fsp3) is 0.947. The Balaban J connectivity index is 2.18. The number of aliphatic hydroxyl groups excluding tert-OH is 2. The van der Waals surface area contributed by atoms with Gasteiger partial charge in [-0.25, -0.2) is 0 Å². The zero-order valence-electron chi connectivity index (χ0n) is 34.3. The summed E-state index contributed by atoms with van der Waals surface area (Å²) in [6, 6.07) is -0.689. The van der Waals surface area contributed by atoms with Gasteiger partial charge in [-0.3, -0.25) is 10.2 Å². The molecule has 0 radical (unpaired) electrons. The molecule has 3 fully saturated rings. The quantitative estimate of drug-likeness (QED) is 0.126. The normalized spacial score (nSPS) is 47.2. The molecule has 0 bridgehead atoms. The third-order valence-electron chi connectivity index (χ3n) is 12.0. The fourth-order valence-electron chi connectivity index (χ4n) is 8.45. The van der Waals surface area contributed by atoms with Crippen molar-refractivity contribution < 1.29 is 58.4 Å². The number of methoxy groups -OCH3 is 1. The summed E-state index contributed by atoms with van der Waals surface area (Å²) in [6.45, 7) is 18.1. The van der Waals surface area contributed by atoms with Gasteiger partial charge in [0.05, 0.1) is 41.5 Å². The minimum atomic E-state index is -1.80. The van der Waals surface area contributed by atoms with Crippen LogP contribution in [0.1, 0.15) is 101 Å². The number of esters is 1. The molecule has 3 aliphatic heterocycles. The van der Waals surface area contributed by atoms with Crippen LogP contribution < -0.4 is 5.32 Å². The van der Waals surface area contributed by atoms with Gasteiger partial charge in [0.1, 0.15) is 23.9 Å². The van der Waals surface area contributed by atoms with Gasteiger partial charge < -0.3 is 63.8 Å². The number of cyclic esters (lactones) is 1. The summed E-state index contributed by atoms with van der Waals surface area (Å²) in [7, 11) is 4.94. The zero-order chi connectivity index (χ0) is 40.2. The molecule has 53 heavy (non-hydrogen) atoms. The van der Waals surface area contributed by atoms with E-state index in [4.69, 9.17) is 38.6 Å². The lowest BCUT2D eigenvalue weighted by Gasteiger charge is -2.48. The average molecular weight is 762 g/mol. The third-order valence-corrected chi connectivity index (χ3v) is 12.0. The van der Waals surface area contributed by atoms with E-state index in [1.165, 1.54) is 14.0 Å². The number of nitrogens with zero attached hydrogens (tertiary/aromatic N) is 1. The summed E-state index contributed by atoms with van der Waals surface area (Å²) in [4.78, 5) is 16.1. The van der Waals surface area contributed by atoms with Crippen LogP contribution in [0.2, 0.25) is 0 Å². The molecule has 0 aromatic rings. The predicted molar refractivity (Wildman–Crippen MR) is 197 cm³/mol. The zero-order valence-corrected chi connectivity index (χ0v) is 34.3. The number of rotatable bonds is 7. The number of carbonyl (C=O) groups is 1. The molecule has 310 valence electrons. The molecule has 0 saturated carbocycles. The van der Waals surface area contributed by atoms with Gasteiger partial charge in [-0.05, 0) is 87.1 Å². The molecule has 0 unspecified atom stereocenters. The van der Waals surface area contributed by atoms with Crippen molar-refractivity contribution in [2.45, 2.75) is 186 Å². The van der Waals surface area contributed by atoms with Crippen molar-refractivity contribution in [1.82, 2.24) is 10.2 Å². The van der Waals surface area contributed by atoms with Gasteiger partial charge in [-0.15, -0.1) is 0 Å². The highest BCUT2D eigenvalue weighted by Crippen LogP contribution is 2.40. The monoisotopic (exact) mass is 762 g/mol. The highest BCUT2D eigenvalue weighted by Gasteiger charge is 2.52. The molecule has 17 atom stereocenters. The van der Waals surface area contributed by atoms with Crippen molar-refractivity contribution in [2.24, 2.45) is 17.8 Å². The van der Waals surface area contributed by atoms with E-state index in [0.29, 0.717) is 19.4 Å². The van der Waals surface area contributed by atoms with E-state index in [9.17, 15) is 25.2 Å². The smallest absolute Gasteiger partial charge is 0.311 e. The molecule has 3 aliphatic rings. The highest BCUT2D eigenvalue weighted by molar-refractivity contribution is 5.73. The van der Waals surface area contributed by atoms with Gasteiger partial charge in [0, 0.05) is 39.1 Å². The molecule has 3 saturated heterocycles. The van der Waals surface area contributed by atoms with Crippen molar-refractivity contribution in [3.05, 3.63) is 0 Å². The van der Waals surface area contributed by atoms with Crippen LogP contribution in [-0.2, 0) is 38.0 Å². The van der Waals surface area contributed by atoms with E-state index in [-0.39, 0.29) is 37.3 Å². The predicted octanol–water partition coefficient (Wildman–Crippen LogP) is 2.54. The molecule has 0 aliphatic carbocycles. The molecule has 3 rings (SSSR count). The number of ether oxygens (including phenoxy) is 7. The SMILES string of the molecule is CC[C@H]1OC(=O)[C@H](C)[C@@H](O[C@H]2C[C@@](C)(OC)[C@@H](O)[C@H](C)O2)[C@H](C)[C@@H](O[C@@H]2O[C@H](C)CC[C@H]2OC(=N)NC)[C@](C)(O)C[C@@H](C)CN(C)[C@H](C)[C@@H](O)[C@]1(C)O. The lowest BCUT2D eigenvalue weighted by Crippen LogP contribution is -2.59. The van der Waals surface area contributed by atoms with Crippen LogP contribution in [0.15, 0.2) is 0 Å². The van der Waals surface area contributed by atoms with Crippen LogP contribution >= 0.6 is 0 Å². The second-order valence-electron chi connectivity index (χ2n) is 16.7. The van der Waals surface area contributed by atoms with Crippen LogP contribution in [-0.4, -0.2) is 149 Å². The van der Waals surface area contributed by atoms with E-state index < -0.39 is 96.0 Å². The molecule has 0 aromatic carbocycles. The summed E-state index contributed by atoms with van der Waals surface area (Å²) in [6.07, 6.45) is -7.00. The number of hydrogen-bond donors (Lipinski definition) is 6. The van der Waals surface area contributed by atoms with Crippen molar-refractivity contribution in [3.8, 4) is 0 Å². The first-order valence-corrected chi connectivity index (χ1v) is 19.3. The number of hydrogen-bond acceptors (Lipinski definition) is 14. The van der Waals surface area contributed by atoms with Crippen LogP contribution in [0.4, 0.5) is 0 Å². The maximum absolute atomic E-state index is 14.2. The molecule has 0 aromatic heterocycles.